The molecule has 2 aromatic rings. The van der Waals surface area contributed by atoms with Crippen LogP contribution in [-0.4, -0.2) is 20.1 Å². The summed E-state index contributed by atoms with van der Waals surface area (Å²) in [5.74, 6) is 0.514. The van der Waals surface area contributed by atoms with E-state index in [1.54, 1.807) is 24.3 Å². The van der Waals surface area contributed by atoms with E-state index in [-0.39, 0.29) is 23.2 Å². The highest BCUT2D eigenvalue weighted by Crippen LogP contribution is 2.20. The fourth-order valence-corrected chi connectivity index (χ4v) is 1.47. The van der Waals surface area contributed by atoms with Crippen LogP contribution < -0.4 is 4.74 Å². The molecule has 0 aliphatic rings. The second-order valence-electron chi connectivity index (χ2n) is 3.06. The summed E-state index contributed by atoms with van der Waals surface area (Å²) in [6.45, 7) is -0.0241. The van der Waals surface area contributed by atoms with Crippen LogP contribution in [0.25, 0.3) is 0 Å². The van der Waals surface area contributed by atoms with Crippen LogP contribution in [0.15, 0.2) is 24.3 Å². The molecule has 0 fully saturated rings. The molecule has 1 heterocycles. The van der Waals surface area contributed by atoms with Gasteiger partial charge in [-0.25, -0.2) is 0 Å². The fourth-order valence-electron chi connectivity index (χ4n) is 1.12. The number of aliphatic hydroxyl groups is 1. The molecule has 17 heavy (non-hydrogen) atoms. The molecule has 0 bridgehead atoms. The van der Waals surface area contributed by atoms with E-state index in [0.717, 1.165) is 5.56 Å². The van der Waals surface area contributed by atoms with Crippen molar-refractivity contribution in [2.45, 2.75) is 6.61 Å². The minimum Gasteiger partial charge on any atom is -0.424 e. The van der Waals surface area contributed by atoms with Gasteiger partial charge in [-0.2, -0.15) is 15.0 Å². The molecule has 1 aromatic heterocycles. The first-order valence-corrected chi connectivity index (χ1v) is 5.37. The Bertz CT molecular complexity index is 499. The van der Waals surface area contributed by atoms with E-state index in [1.165, 1.54) is 0 Å². The molecule has 0 saturated heterocycles. The van der Waals surface area contributed by atoms with Crippen LogP contribution in [0.5, 0.6) is 11.8 Å². The number of aromatic nitrogens is 3. The second kappa shape index (κ2) is 5.27. The number of halogens is 2. The van der Waals surface area contributed by atoms with Gasteiger partial charge in [-0.15, -0.1) is 0 Å². The van der Waals surface area contributed by atoms with E-state index in [2.05, 4.69) is 15.0 Å². The van der Waals surface area contributed by atoms with Crippen molar-refractivity contribution in [1.29, 1.82) is 0 Å². The molecule has 1 N–H and O–H groups in total. The number of benzene rings is 1. The minimum absolute atomic E-state index is 0.0201. The summed E-state index contributed by atoms with van der Waals surface area (Å²) in [7, 11) is 0. The summed E-state index contributed by atoms with van der Waals surface area (Å²) in [5, 5.41) is 8.81. The fraction of sp³-hybridized carbons (Fsp3) is 0.100. The van der Waals surface area contributed by atoms with Crippen LogP contribution in [0, 0.1) is 0 Å². The Kier molecular flexibility index (Phi) is 3.73. The van der Waals surface area contributed by atoms with Crippen LogP contribution in [0.3, 0.4) is 0 Å². The van der Waals surface area contributed by atoms with Crippen molar-refractivity contribution in [3.63, 3.8) is 0 Å². The van der Waals surface area contributed by atoms with E-state index in [4.69, 9.17) is 33.0 Å². The molecule has 1 aromatic carbocycles. The van der Waals surface area contributed by atoms with Crippen molar-refractivity contribution in [1.82, 2.24) is 15.0 Å². The van der Waals surface area contributed by atoms with Crippen LogP contribution in [0.1, 0.15) is 5.56 Å². The molecule has 0 aliphatic carbocycles. The smallest absolute Gasteiger partial charge is 0.327 e. The standard InChI is InChI=1S/C10H7Cl2N3O2/c11-8-13-9(12)15-10(14-8)17-7-3-1-6(5-16)2-4-7/h1-4,16H,5H2. The Morgan fingerprint density at radius 2 is 1.59 bits per heavy atom. The van der Waals surface area contributed by atoms with Gasteiger partial charge in [-0.1, -0.05) is 12.1 Å². The van der Waals surface area contributed by atoms with E-state index in [0.29, 0.717) is 5.75 Å². The zero-order valence-electron chi connectivity index (χ0n) is 8.47. The van der Waals surface area contributed by atoms with Gasteiger partial charge in [0.15, 0.2) is 0 Å². The van der Waals surface area contributed by atoms with Crippen LogP contribution >= 0.6 is 23.2 Å². The summed E-state index contributed by atoms with van der Waals surface area (Å²) >= 11 is 11.2. The molecule has 0 unspecified atom stereocenters. The first kappa shape index (κ1) is 12.0. The molecule has 5 nitrogen and oxygen atoms in total. The topological polar surface area (TPSA) is 68.1 Å². The highest BCUT2D eigenvalue weighted by Gasteiger charge is 2.05. The van der Waals surface area contributed by atoms with Crippen molar-refractivity contribution in [3.8, 4) is 11.8 Å². The van der Waals surface area contributed by atoms with Crippen LogP contribution in [0.2, 0.25) is 10.6 Å². The summed E-state index contributed by atoms with van der Waals surface area (Å²) in [4.78, 5) is 11.1. The molecule has 0 atom stereocenters. The largest absolute Gasteiger partial charge is 0.424 e. The minimum atomic E-state index is -0.0352. The van der Waals surface area contributed by atoms with E-state index in [9.17, 15) is 0 Å². The number of hydrogen-bond donors (Lipinski definition) is 1. The molecule has 0 spiro atoms. The number of aliphatic hydroxyl groups excluding tert-OH is 1. The van der Waals surface area contributed by atoms with Crippen molar-refractivity contribution in [3.05, 3.63) is 40.4 Å². The maximum Gasteiger partial charge on any atom is 0.327 e. The number of nitrogens with zero attached hydrogens (tertiary/aromatic N) is 3. The van der Waals surface area contributed by atoms with Gasteiger partial charge in [0, 0.05) is 0 Å². The number of hydrogen-bond acceptors (Lipinski definition) is 5. The lowest BCUT2D eigenvalue weighted by molar-refractivity contribution is 0.281. The third-order valence-electron chi connectivity index (χ3n) is 1.88. The predicted octanol–water partition coefficient (Wildman–Crippen LogP) is 2.46. The molecule has 0 amide bonds. The molecule has 0 saturated carbocycles. The van der Waals surface area contributed by atoms with Gasteiger partial charge in [-0.3, -0.25) is 0 Å². The molecule has 0 aliphatic heterocycles. The third kappa shape index (κ3) is 3.26. The van der Waals surface area contributed by atoms with Crippen molar-refractivity contribution in [2.75, 3.05) is 0 Å². The Morgan fingerprint density at radius 1 is 1.00 bits per heavy atom. The summed E-state index contributed by atoms with van der Waals surface area (Å²) in [6.07, 6.45) is 0. The lowest BCUT2D eigenvalue weighted by Crippen LogP contribution is -1.95. The van der Waals surface area contributed by atoms with E-state index >= 15 is 0 Å². The number of ether oxygens (including phenoxy) is 1. The quantitative estimate of drug-likeness (QED) is 0.929. The first-order valence-electron chi connectivity index (χ1n) is 4.62. The van der Waals surface area contributed by atoms with Crippen LogP contribution in [0.4, 0.5) is 0 Å². The Hall–Kier alpha value is -1.43. The van der Waals surface area contributed by atoms with Gasteiger partial charge >= 0.3 is 6.01 Å². The predicted molar refractivity (Wildman–Crippen MR) is 62.3 cm³/mol. The van der Waals surface area contributed by atoms with Gasteiger partial charge in [0.2, 0.25) is 10.6 Å². The van der Waals surface area contributed by atoms with E-state index < -0.39 is 0 Å². The number of rotatable bonds is 3. The van der Waals surface area contributed by atoms with Gasteiger partial charge in [-0.05, 0) is 40.9 Å². The highest BCUT2D eigenvalue weighted by atomic mass is 35.5. The molecule has 2 rings (SSSR count). The normalized spacial score (nSPS) is 10.3. The highest BCUT2D eigenvalue weighted by molar-refractivity contribution is 6.31. The van der Waals surface area contributed by atoms with Crippen molar-refractivity contribution >= 4 is 23.2 Å². The summed E-state index contributed by atoms with van der Waals surface area (Å²) in [5.41, 5.74) is 0.782. The molecule has 7 heteroatoms. The Morgan fingerprint density at radius 3 is 2.12 bits per heavy atom. The molecular formula is C10H7Cl2N3O2. The zero-order valence-corrected chi connectivity index (χ0v) is 9.98. The lowest BCUT2D eigenvalue weighted by Gasteiger charge is -2.04. The average Bonchev–Trinajstić information content (AvgIpc) is 2.28. The Balaban J connectivity index is 2.19. The van der Waals surface area contributed by atoms with Crippen molar-refractivity contribution < 1.29 is 9.84 Å². The van der Waals surface area contributed by atoms with Gasteiger partial charge in [0.05, 0.1) is 6.61 Å². The zero-order chi connectivity index (χ0) is 12.3. The van der Waals surface area contributed by atoms with Crippen molar-refractivity contribution in [2.24, 2.45) is 0 Å². The second-order valence-corrected chi connectivity index (χ2v) is 3.74. The summed E-state index contributed by atoms with van der Waals surface area (Å²) in [6, 6.07) is 6.82. The summed E-state index contributed by atoms with van der Waals surface area (Å²) < 4.78 is 5.33. The third-order valence-corrected chi connectivity index (χ3v) is 2.21. The molecule has 88 valence electrons. The van der Waals surface area contributed by atoms with E-state index in [1.807, 2.05) is 0 Å². The van der Waals surface area contributed by atoms with Crippen LogP contribution in [-0.2, 0) is 6.61 Å². The monoisotopic (exact) mass is 271 g/mol. The Labute approximate surface area is 107 Å². The lowest BCUT2D eigenvalue weighted by atomic mass is 10.2. The van der Waals surface area contributed by atoms with Gasteiger partial charge in [0.25, 0.3) is 0 Å². The first-order chi connectivity index (χ1) is 8.17. The van der Waals surface area contributed by atoms with Gasteiger partial charge < -0.3 is 9.84 Å². The maximum atomic E-state index is 8.88. The molecular weight excluding hydrogens is 265 g/mol. The average molecular weight is 272 g/mol. The van der Waals surface area contributed by atoms with Gasteiger partial charge in [0.1, 0.15) is 5.75 Å². The maximum absolute atomic E-state index is 8.88. The SMILES string of the molecule is OCc1ccc(Oc2nc(Cl)nc(Cl)n2)cc1. The molecule has 0 radical (unpaired) electrons.